The lowest BCUT2D eigenvalue weighted by Crippen LogP contribution is -2.44. The summed E-state index contributed by atoms with van der Waals surface area (Å²) in [5.41, 5.74) is -2.51. The predicted octanol–water partition coefficient (Wildman–Crippen LogP) is 0.513. The number of methoxy groups -OCH3 is 1. The molecule has 0 radical (unpaired) electrons. The van der Waals surface area contributed by atoms with Crippen LogP contribution in [-0.2, 0) is 9.53 Å². The van der Waals surface area contributed by atoms with E-state index >= 15 is 0 Å². The number of hydrogen-bond acceptors (Lipinski definition) is 4. The van der Waals surface area contributed by atoms with Gasteiger partial charge in [0.25, 0.3) is 5.54 Å². The fourth-order valence-corrected chi connectivity index (χ4v) is 0.351. The Labute approximate surface area is 61.8 Å². The summed E-state index contributed by atoms with van der Waals surface area (Å²) in [6.45, 7) is 0.763. The summed E-state index contributed by atoms with van der Waals surface area (Å²) in [6, 6.07) is 1.13. The normalized spacial score (nSPS) is 15.3. The molecule has 0 bridgehead atoms. The maximum atomic E-state index is 11.8. The second-order valence-electron chi connectivity index (χ2n) is 1.91. The van der Waals surface area contributed by atoms with Crippen LogP contribution in [0.3, 0.4) is 0 Å². The third kappa shape index (κ3) is 1.62. The van der Waals surface area contributed by atoms with E-state index < -0.39 is 16.9 Å². The van der Waals surface area contributed by atoms with E-state index in [9.17, 15) is 13.8 Å². The third-order valence-electron chi connectivity index (χ3n) is 1.14. The van der Waals surface area contributed by atoms with Crippen molar-refractivity contribution in [1.29, 1.82) is 5.26 Å². The standard InChI is InChI=1S/C5H6F2N2O2/c1-5(3-8,9(6)7)4(10)11-2/h1-2H3/t5-/m1/s1. The number of rotatable bonds is 2. The number of halogens is 2. The van der Waals surface area contributed by atoms with Gasteiger partial charge in [-0.1, -0.05) is 8.96 Å². The Morgan fingerprint density at radius 3 is 2.27 bits per heavy atom. The van der Waals surface area contributed by atoms with Crippen molar-refractivity contribution in [3.8, 4) is 6.07 Å². The van der Waals surface area contributed by atoms with E-state index in [4.69, 9.17) is 5.26 Å². The Morgan fingerprint density at radius 1 is 1.73 bits per heavy atom. The highest BCUT2D eigenvalue weighted by Crippen LogP contribution is 2.16. The first-order valence-corrected chi connectivity index (χ1v) is 2.60. The van der Waals surface area contributed by atoms with Crippen molar-refractivity contribution in [1.82, 2.24) is 5.34 Å². The third-order valence-corrected chi connectivity index (χ3v) is 1.14. The van der Waals surface area contributed by atoms with Gasteiger partial charge in [-0.2, -0.15) is 5.26 Å². The maximum Gasteiger partial charge on any atom is 0.346 e. The zero-order valence-electron chi connectivity index (χ0n) is 5.97. The molecule has 0 saturated heterocycles. The van der Waals surface area contributed by atoms with E-state index in [1.54, 1.807) is 0 Å². The molecule has 0 N–H and O–H groups in total. The van der Waals surface area contributed by atoms with Gasteiger partial charge in [-0.3, -0.25) is 0 Å². The summed E-state index contributed by atoms with van der Waals surface area (Å²) in [4.78, 5) is 10.5. The van der Waals surface area contributed by atoms with Crippen molar-refractivity contribution in [3.63, 3.8) is 0 Å². The van der Waals surface area contributed by atoms with E-state index in [0.29, 0.717) is 0 Å². The fourth-order valence-electron chi connectivity index (χ4n) is 0.351. The van der Waals surface area contributed by atoms with Crippen LogP contribution in [0, 0.1) is 11.3 Å². The van der Waals surface area contributed by atoms with Crippen LogP contribution in [0.25, 0.3) is 0 Å². The van der Waals surface area contributed by atoms with Gasteiger partial charge in [0.1, 0.15) is 6.07 Å². The Morgan fingerprint density at radius 2 is 2.18 bits per heavy atom. The smallest absolute Gasteiger partial charge is 0.346 e. The maximum absolute atomic E-state index is 11.8. The van der Waals surface area contributed by atoms with Crippen LogP contribution in [0.2, 0.25) is 0 Å². The summed E-state index contributed by atoms with van der Waals surface area (Å²) in [6.07, 6.45) is 0. The summed E-state index contributed by atoms with van der Waals surface area (Å²) in [7, 11) is 0.932. The van der Waals surface area contributed by atoms with Gasteiger partial charge < -0.3 is 4.74 Å². The average Bonchev–Trinajstić information content (AvgIpc) is 2.01. The van der Waals surface area contributed by atoms with Gasteiger partial charge >= 0.3 is 5.97 Å². The van der Waals surface area contributed by atoms with Crippen LogP contribution in [0.1, 0.15) is 6.92 Å². The largest absolute Gasteiger partial charge is 0.467 e. The molecule has 0 aliphatic heterocycles. The molecule has 0 aliphatic rings. The molecule has 4 nitrogen and oxygen atoms in total. The lowest BCUT2D eigenvalue weighted by molar-refractivity contribution is -0.219. The summed E-state index contributed by atoms with van der Waals surface area (Å²) in [5, 5.41) is 6.70. The number of carbonyl (C=O) groups excluding carboxylic acids is 1. The van der Waals surface area contributed by atoms with Crippen LogP contribution in [0.15, 0.2) is 0 Å². The van der Waals surface area contributed by atoms with Crippen LogP contribution >= 0.6 is 0 Å². The van der Waals surface area contributed by atoms with Crippen LogP contribution in [0.5, 0.6) is 0 Å². The molecule has 0 rings (SSSR count). The van der Waals surface area contributed by atoms with Gasteiger partial charge in [0.2, 0.25) is 0 Å². The van der Waals surface area contributed by atoms with Crippen LogP contribution in [0.4, 0.5) is 8.96 Å². The quantitative estimate of drug-likeness (QED) is 0.440. The molecule has 0 aromatic heterocycles. The average molecular weight is 164 g/mol. The molecule has 62 valence electrons. The molecule has 0 heterocycles. The zero-order chi connectivity index (χ0) is 9.07. The van der Waals surface area contributed by atoms with Gasteiger partial charge in [-0.05, 0) is 6.92 Å². The topological polar surface area (TPSA) is 53.3 Å². The van der Waals surface area contributed by atoms with Crippen LogP contribution in [-0.4, -0.2) is 24.0 Å². The van der Waals surface area contributed by atoms with Crippen molar-refractivity contribution in [2.24, 2.45) is 0 Å². The SMILES string of the molecule is COC(=O)[C@@](C)(C#N)N(F)F. The Hall–Kier alpha value is -1.22. The minimum atomic E-state index is -2.51. The fraction of sp³-hybridized carbons (Fsp3) is 0.600. The number of carbonyl (C=O) groups is 1. The second-order valence-corrected chi connectivity index (χ2v) is 1.91. The van der Waals surface area contributed by atoms with Gasteiger partial charge in [-0.15, -0.1) is 0 Å². The summed E-state index contributed by atoms with van der Waals surface area (Å²) in [5.74, 6) is -1.29. The van der Waals surface area contributed by atoms with Gasteiger partial charge in [0, 0.05) is 0 Å². The molecule has 6 heteroatoms. The van der Waals surface area contributed by atoms with Gasteiger partial charge in [0.05, 0.1) is 12.5 Å². The van der Waals surface area contributed by atoms with Gasteiger partial charge in [-0.25, -0.2) is 4.79 Å². The minimum Gasteiger partial charge on any atom is -0.467 e. The number of esters is 1. The summed E-state index contributed by atoms with van der Waals surface area (Å²) >= 11 is 0. The van der Waals surface area contributed by atoms with Gasteiger partial charge in [0.15, 0.2) is 0 Å². The highest BCUT2D eigenvalue weighted by Gasteiger charge is 2.43. The van der Waals surface area contributed by atoms with Crippen molar-refractivity contribution in [3.05, 3.63) is 0 Å². The van der Waals surface area contributed by atoms with E-state index in [2.05, 4.69) is 4.74 Å². The number of hydrogen-bond donors (Lipinski definition) is 0. The highest BCUT2D eigenvalue weighted by molar-refractivity contribution is 5.83. The zero-order valence-corrected chi connectivity index (χ0v) is 5.97. The molecule has 0 aromatic rings. The molecule has 0 amide bonds. The van der Waals surface area contributed by atoms with E-state index in [1.165, 1.54) is 0 Å². The first kappa shape index (κ1) is 9.78. The lowest BCUT2D eigenvalue weighted by Gasteiger charge is -2.16. The Balaban J connectivity index is 4.64. The second kappa shape index (κ2) is 3.25. The summed E-state index contributed by atoms with van der Waals surface area (Å²) < 4.78 is 27.6. The van der Waals surface area contributed by atoms with Crippen LogP contribution < -0.4 is 0 Å². The number of ether oxygens (including phenoxy) is 1. The first-order valence-electron chi connectivity index (χ1n) is 2.60. The Kier molecular flexibility index (Phi) is 2.89. The molecule has 1 atom stereocenters. The van der Waals surface area contributed by atoms with E-state index in [1.807, 2.05) is 0 Å². The van der Waals surface area contributed by atoms with Crippen molar-refractivity contribution >= 4 is 5.97 Å². The Bertz CT molecular complexity index is 201. The van der Waals surface area contributed by atoms with E-state index in [0.717, 1.165) is 20.1 Å². The highest BCUT2D eigenvalue weighted by atomic mass is 19.4. The minimum absolute atomic E-state index is 0.763. The van der Waals surface area contributed by atoms with Crippen molar-refractivity contribution in [2.75, 3.05) is 7.11 Å². The molecule has 0 aliphatic carbocycles. The van der Waals surface area contributed by atoms with E-state index in [-0.39, 0.29) is 0 Å². The monoisotopic (exact) mass is 164 g/mol. The molecule has 0 unspecified atom stereocenters. The molecular formula is C5H6F2N2O2. The molecule has 0 spiro atoms. The lowest BCUT2D eigenvalue weighted by atomic mass is 10.1. The molecule has 0 fully saturated rings. The first-order chi connectivity index (χ1) is 4.99. The van der Waals surface area contributed by atoms with Crippen molar-refractivity contribution in [2.45, 2.75) is 12.5 Å². The molecule has 0 aromatic carbocycles. The molecule has 11 heavy (non-hydrogen) atoms. The molecular weight excluding hydrogens is 158 g/mol. The molecule has 0 saturated carbocycles. The predicted molar refractivity (Wildman–Crippen MR) is 30.1 cm³/mol. The number of nitriles is 1. The van der Waals surface area contributed by atoms with Crippen molar-refractivity contribution < 1.29 is 18.5 Å². The number of nitrogens with zero attached hydrogens (tertiary/aromatic N) is 2.